The van der Waals surface area contributed by atoms with Gasteiger partial charge in [-0.15, -0.1) is 0 Å². The Balaban J connectivity index is 1.46. The number of nitrogens with one attached hydrogen (secondary N) is 2. The standard InChI is InChI=1S/C20H19N3O/c1-13-16-9-6-14(12-19(16)23-22-13)7-11-20(24)21-18-10-8-15-4-2-3-5-17(15)18/h2-7,9,11-12,18H,8,10H2,1H3,(H,21,24)(H,22,23)/b11-7+. The van der Waals surface area contributed by atoms with Gasteiger partial charge in [0.15, 0.2) is 0 Å². The van der Waals surface area contributed by atoms with Crippen LogP contribution in [0.5, 0.6) is 0 Å². The van der Waals surface area contributed by atoms with E-state index in [1.165, 1.54) is 11.1 Å². The monoisotopic (exact) mass is 317 g/mol. The molecule has 24 heavy (non-hydrogen) atoms. The van der Waals surface area contributed by atoms with E-state index in [1.54, 1.807) is 6.08 Å². The minimum absolute atomic E-state index is 0.0578. The number of amides is 1. The third kappa shape index (κ3) is 2.71. The Morgan fingerprint density at radius 1 is 1.29 bits per heavy atom. The van der Waals surface area contributed by atoms with Gasteiger partial charge in [-0.2, -0.15) is 5.10 Å². The molecule has 1 heterocycles. The molecule has 2 aromatic carbocycles. The minimum atomic E-state index is -0.0578. The molecule has 2 N–H and O–H groups in total. The topological polar surface area (TPSA) is 57.8 Å². The summed E-state index contributed by atoms with van der Waals surface area (Å²) in [4.78, 5) is 12.2. The lowest BCUT2D eigenvalue weighted by Gasteiger charge is -2.12. The summed E-state index contributed by atoms with van der Waals surface area (Å²) in [5, 5.41) is 11.4. The molecule has 4 nitrogen and oxygen atoms in total. The van der Waals surface area contributed by atoms with Crippen molar-refractivity contribution >= 4 is 22.9 Å². The highest BCUT2D eigenvalue weighted by molar-refractivity contribution is 5.93. The van der Waals surface area contributed by atoms with Gasteiger partial charge in [0.05, 0.1) is 17.3 Å². The molecule has 0 aliphatic heterocycles. The van der Waals surface area contributed by atoms with Crippen LogP contribution in [0.1, 0.15) is 34.8 Å². The average Bonchev–Trinajstić information content (AvgIpc) is 3.17. The quantitative estimate of drug-likeness (QED) is 0.724. The van der Waals surface area contributed by atoms with E-state index in [2.05, 4.69) is 33.7 Å². The van der Waals surface area contributed by atoms with Crippen molar-refractivity contribution in [1.29, 1.82) is 0 Å². The highest BCUT2D eigenvalue weighted by Crippen LogP contribution is 2.30. The Morgan fingerprint density at radius 3 is 3.08 bits per heavy atom. The smallest absolute Gasteiger partial charge is 0.244 e. The van der Waals surface area contributed by atoms with Gasteiger partial charge >= 0.3 is 0 Å². The molecular weight excluding hydrogens is 298 g/mol. The highest BCUT2D eigenvalue weighted by Gasteiger charge is 2.22. The van der Waals surface area contributed by atoms with E-state index in [4.69, 9.17) is 0 Å². The lowest BCUT2D eigenvalue weighted by Crippen LogP contribution is -2.25. The lowest BCUT2D eigenvalue weighted by molar-refractivity contribution is -0.117. The number of nitrogens with zero attached hydrogens (tertiary/aromatic N) is 1. The van der Waals surface area contributed by atoms with Gasteiger partial charge in [0.25, 0.3) is 0 Å². The van der Waals surface area contributed by atoms with Gasteiger partial charge < -0.3 is 5.32 Å². The predicted octanol–water partition coefficient (Wildman–Crippen LogP) is 3.69. The van der Waals surface area contributed by atoms with Crippen molar-refractivity contribution in [3.63, 3.8) is 0 Å². The summed E-state index contributed by atoms with van der Waals surface area (Å²) in [6.45, 7) is 1.97. The molecule has 120 valence electrons. The number of carbonyl (C=O) groups excluding carboxylic acids is 1. The summed E-state index contributed by atoms with van der Waals surface area (Å²) >= 11 is 0. The van der Waals surface area contributed by atoms with Crippen molar-refractivity contribution in [2.75, 3.05) is 0 Å². The van der Waals surface area contributed by atoms with Gasteiger partial charge in [-0.05, 0) is 48.6 Å². The zero-order valence-electron chi connectivity index (χ0n) is 13.5. The number of hydrogen-bond donors (Lipinski definition) is 2. The van der Waals surface area contributed by atoms with Crippen LogP contribution in [-0.4, -0.2) is 16.1 Å². The van der Waals surface area contributed by atoms with Crippen LogP contribution >= 0.6 is 0 Å². The second-order valence-electron chi connectivity index (χ2n) is 6.25. The van der Waals surface area contributed by atoms with Gasteiger partial charge in [0.1, 0.15) is 0 Å². The van der Waals surface area contributed by atoms with E-state index >= 15 is 0 Å². The molecule has 1 unspecified atom stereocenters. The van der Waals surface area contributed by atoms with Crippen molar-refractivity contribution in [2.45, 2.75) is 25.8 Å². The van der Waals surface area contributed by atoms with E-state index in [9.17, 15) is 4.79 Å². The molecule has 1 aliphatic rings. The molecule has 3 aromatic rings. The second kappa shape index (κ2) is 5.96. The molecule has 1 atom stereocenters. The van der Waals surface area contributed by atoms with Crippen LogP contribution < -0.4 is 5.32 Å². The summed E-state index contributed by atoms with van der Waals surface area (Å²) in [5.74, 6) is -0.0578. The number of aromatic amines is 1. The van der Waals surface area contributed by atoms with Crippen LogP contribution in [0.2, 0.25) is 0 Å². The molecule has 4 heteroatoms. The van der Waals surface area contributed by atoms with E-state index in [0.717, 1.165) is 35.0 Å². The minimum Gasteiger partial charge on any atom is -0.346 e. The van der Waals surface area contributed by atoms with Crippen LogP contribution in [0.3, 0.4) is 0 Å². The third-order valence-electron chi connectivity index (χ3n) is 4.65. The van der Waals surface area contributed by atoms with E-state index < -0.39 is 0 Å². The van der Waals surface area contributed by atoms with Gasteiger partial charge in [-0.3, -0.25) is 9.89 Å². The Morgan fingerprint density at radius 2 is 2.17 bits per heavy atom. The van der Waals surface area contributed by atoms with Crippen LogP contribution in [0.25, 0.3) is 17.0 Å². The van der Waals surface area contributed by atoms with E-state index in [0.29, 0.717) is 0 Å². The average molecular weight is 317 g/mol. The molecule has 0 spiro atoms. The van der Waals surface area contributed by atoms with Gasteiger partial charge in [-0.1, -0.05) is 36.4 Å². The maximum atomic E-state index is 12.2. The van der Waals surface area contributed by atoms with Gasteiger partial charge in [0, 0.05) is 11.5 Å². The molecule has 0 radical (unpaired) electrons. The fraction of sp³-hybridized carbons (Fsp3) is 0.200. The maximum Gasteiger partial charge on any atom is 0.244 e. The number of hydrogen-bond acceptors (Lipinski definition) is 2. The van der Waals surface area contributed by atoms with Crippen molar-refractivity contribution in [3.8, 4) is 0 Å². The van der Waals surface area contributed by atoms with Crippen molar-refractivity contribution in [3.05, 3.63) is 70.9 Å². The molecular formula is C20H19N3O. The van der Waals surface area contributed by atoms with Crippen molar-refractivity contribution in [2.24, 2.45) is 0 Å². The van der Waals surface area contributed by atoms with Crippen LogP contribution in [0.15, 0.2) is 48.5 Å². The Kier molecular flexibility index (Phi) is 3.65. The molecule has 1 aromatic heterocycles. The maximum absolute atomic E-state index is 12.2. The van der Waals surface area contributed by atoms with Crippen LogP contribution in [0.4, 0.5) is 0 Å². The number of aromatic nitrogens is 2. The summed E-state index contributed by atoms with van der Waals surface area (Å²) < 4.78 is 0. The fourth-order valence-corrected chi connectivity index (χ4v) is 3.38. The van der Waals surface area contributed by atoms with Crippen molar-refractivity contribution in [1.82, 2.24) is 15.5 Å². The Labute approximate surface area is 140 Å². The van der Waals surface area contributed by atoms with Crippen LogP contribution in [0, 0.1) is 6.92 Å². The third-order valence-corrected chi connectivity index (χ3v) is 4.65. The first-order chi connectivity index (χ1) is 11.7. The number of aryl methyl sites for hydroxylation is 2. The first kappa shape index (κ1) is 14.7. The number of rotatable bonds is 3. The summed E-state index contributed by atoms with van der Waals surface area (Å²) in [6, 6.07) is 14.5. The zero-order valence-corrected chi connectivity index (χ0v) is 13.5. The SMILES string of the molecule is Cc1n[nH]c2cc(/C=C/C(=O)NC3CCc4ccccc43)ccc12. The van der Waals surface area contributed by atoms with Crippen LogP contribution in [-0.2, 0) is 11.2 Å². The molecule has 0 fully saturated rings. The first-order valence-electron chi connectivity index (χ1n) is 8.22. The number of fused-ring (bicyclic) bond motifs is 2. The molecule has 1 amide bonds. The molecule has 4 rings (SSSR count). The molecule has 0 saturated carbocycles. The number of carbonyl (C=O) groups is 1. The van der Waals surface area contributed by atoms with E-state index in [-0.39, 0.29) is 11.9 Å². The summed E-state index contributed by atoms with van der Waals surface area (Å²) in [5.41, 5.74) is 5.53. The summed E-state index contributed by atoms with van der Waals surface area (Å²) in [6.07, 6.45) is 5.44. The number of benzene rings is 2. The van der Waals surface area contributed by atoms with Crippen molar-refractivity contribution < 1.29 is 4.79 Å². The highest BCUT2D eigenvalue weighted by atomic mass is 16.1. The first-order valence-corrected chi connectivity index (χ1v) is 8.22. The van der Waals surface area contributed by atoms with Gasteiger partial charge in [0.2, 0.25) is 5.91 Å². The summed E-state index contributed by atoms with van der Waals surface area (Å²) in [7, 11) is 0. The zero-order chi connectivity index (χ0) is 16.5. The Hall–Kier alpha value is -2.88. The largest absolute Gasteiger partial charge is 0.346 e. The lowest BCUT2D eigenvalue weighted by atomic mass is 10.1. The fourth-order valence-electron chi connectivity index (χ4n) is 3.38. The molecule has 1 aliphatic carbocycles. The molecule has 0 bridgehead atoms. The normalized spacial score (nSPS) is 16.6. The number of H-pyrrole nitrogens is 1. The second-order valence-corrected chi connectivity index (χ2v) is 6.25. The van der Waals surface area contributed by atoms with Gasteiger partial charge in [-0.25, -0.2) is 0 Å². The Bertz CT molecular complexity index is 939. The van der Waals surface area contributed by atoms with E-state index in [1.807, 2.05) is 37.3 Å². The predicted molar refractivity (Wildman–Crippen MR) is 95.5 cm³/mol. The molecule has 0 saturated heterocycles.